The van der Waals surface area contributed by atoms with Crippen molar-refractivity contribution in [3.05, 3.63) is 83.4 Å². The van der Waals surface area contributed by atoms with E-state index in [0.717, 1.165) is 11.1 Å². The number of benzene rings is 3. The topological polar surface area (TPSA) is 97.7 Å². The minimum atomic E-state index is -0.941. The Morgan fingerprint density at radius 1 is 0.946 bits per heavy atom. The molecule has 9 heteroatoms. The molecule has 7 rings (SSSR count). The third-order valence-corrected chi connectivity index (χ3v) is 7.55. The Balaban J connectivity index is 1.34. The number of ether oxygens (including phenoxy) is 3. The summed E-state index contributed by atoms with van der Waals surface area (Å²) < 4.78 is 16.1. The Hall–Kier alpha value is -4.66. The van der Waals surface area contributed by atoms with Crippen LogP contribution in [0.2, 0.25) is 0 Å². The van der Waals surface area contributed by atoms with Crippen molar-refractivity contribution in [3.8, 4) is 17.2 Å². The number of fused-ring (bicyclic) bond motifs is 6. The second kappa shape index (κ2) is 7.92. The van der Waals surface area contributed by atoms with E-state index in [0.29, 0.717) is 28.5 Å². The van der Waals surface area contributed by atoms with E-state index in [4.69, 9.17) is 14.2 Å². The highest BCUT2D eigenvalue weighted by Crippen LogP contribution is 2.53. The lowest BCUT2D eigenvalue weighted by molar-refractivity contribution is -0.124. The first-order valence-electron chi connectivity index (χ1n) is 11.9. The molecular formula is C28H21N3O6. The van der Waals surface area contributed by atoms with Crippen LogP contribution in [0.15, 0.2) is 71.8 Å². The van der Waals surface area contributed by atoms with E-state index in [1.807, 2.05) is 24.3 Å². The Bertz CT molecular complexity index is 1500. The van der Waals surface area contributed by atoms with Crippen LogP contribution in [0.4, 0.5) is 5.69 Å². The smallest absolute Gasteiger partial charge is 0.240 e. The molecule has 3 aromatic rings. The second-order valence-electron chi connectivity index (χ2n) is 9.34. The first-order chi connectivity index (χ1) is 18.1. The molecule has 4 aliphatic heterocycles. The van der Waals surface area contributed by atoms with Crippen LogP contribution >= 0.6 is 0 Å². The molecule has 0 aromatic heterocycles. The number of rotatable bonds is 4. The number of ketones is 1. The van der Waals surface area contributed by atoms with Crippen LogP contribution in [0.5, 0.6) is 17.2 Å². The van der Waals surface area contributed by atoms with Crippen LogP contribution in [0, 0.1) is 11.8 Å². The monoisotopic (exact) mass is 495 g/mol. The molecule has 0 radical (unpaired) electrons. The maximum absolute atomic E-state index is 14.0. The van der Waals surface area contributed by atoms with Crippen molar-refractivity contribution in [2.45, 2.75) is 12.1 Å². The van der Waals surface area contributed by atoms with E-state index in [1.54, 1.807) is 60.8 Å². The van der Waals surface area contributed by atoms with Gasteiger partial charge in [-0.25, -0.2) is 4.90 Å². The largest absolute Gasteiger partial charge is 0.497 e. The summed E-state index contributed by atoms with van der Waals surface area (Å²) in [4.78, 5) is 43.1. The summed E-state index contributed by atoms with van der Waals surface area (Å²) in [7, 11) is 1.55. The normalized spacial score (nSPS) is 24.7. The van der Waals surface area contributed by atoms with Crippen molar-refractivity contribution in [2.75, 3.05) is 18.8 Å². The number of carbonyl (C=O) groups is 3. The number of hydrogen-bond acceptors (Lipinski definition) is 8. The highest BCUT2D eigenvalue weighted by molar-refractivity contribution is 6.24. The van der Waals surface area contributed by atoms with E-state index >= 15 is 0 Å². The molecule has 4 aliphatic rings. The van der Waals surface area contributed by atoms with Crippen molar-refractivity contribution in [3.63, 3.8) is 0 Å². The van der Waals surface area contributed by atoms with Gasteiger partial charge in [0.25, 0.3) is 0 Å². The Labute approximate surface area is 211 Å². The number of imide groups is 1. The quantitative estimate of drug-likeness (QED) is 0.405. The van der Waals surface area contributed by atoms with Crippen LogP contribution in [-0.2, 0) is 9.59 Å². The van der Waals surface area contributed by atoms with Gasteiger partial charge in [-0.05, 0) is 47.5 Å². The summed E-state index contributed by atoms with van der Waals surface area (Å²) in [5.74, 6) is -1.10. The maximum atomic E-state index is 14.0. The minimum absolute atomic E-state index is 0.0796. The SMILES string of the molecule is COc1ccc(C(=O)[C@@H]2[C@H]3C(=O)N(c4ccc5c(c4)OCO5)C(=O)[C@@H]3[C@H]3c4ccccc4C=NN23)cc1. The van der Waals surface area contributed by atoms with E-state index in [1.165, 1.54) is 4.90 Å². The van der Waals surface area contributed by atoms with Crippen molar-refractivity contribution in [2.24, 2.45) is 16.9 Å². The molecule has 4 heterocycles. The molecule has 2 amide bonds. The van der Waals surface area contributed by atoms with Crippen LogP contribution in [0.3, 0.4) is 0 Å². The zero-order chi connectivity index (χ0) is 25.3. The summed E-state index contributed by atoms with van der Waals surface area (Å²) >= 11 is 0. The van der Waals surface area contributed by atoms with Crippen LogP contribution in [0.1, 0.15) is 27.5 Å². The molecule has 4 atom stereocenters. The molecule has 3 aromatic carbocycles. The third-order valence-electron chi connectivity index (χ3n) is 7.55. The molecule has 0 bridgehead atoms. The molecule has 0 spiro atoms. The summed E-state index contributed by atoms with van der Waals surface area (Å²) in [6.45, 7) is 0.0796. The van der Waals surface area contributed by atoms with Gasteiger partial charge in [0.1, 0.15) is 11.8 Å². The van der Waals surface area contributed by atoms with Crippen molar-refractivity contribution in [1.82, 2.24) is 5.01 Å². The Morgan fingerprint density at radius 3 is 2.51 bits per heavy atom. The summed E-state index contributed by atoms with van der Waals surface area (Å²) in [6.07, 6.45) is 1.69. The highest BCUT2D eigenvalue weighted by atomic mass is 16.7. The standard InChI is InChI=1S/C28H21N3O6/c1-35-18-9-6-15(7-10-18)26(32)25-23-22(24-19-5-3-2-4-16(19)13-29-31(24)25)27(33)30(28(23)34)17-8-11-20-21(12-17)37-14-36-20/h2-13,22-25H,14H2,1H3/t22-,23-,24+,25-/m0/s1. The summed E-state index contributed by atoms with van der Waals surface area (Å²) in [5.41, 5.74) is 2.54. The first kappa shape index (κ1) is 21.6. The van der Waals surface area contributed by atoms with Gasteiger partial charge >= 0.3 is 0 Å². The van der Waals surface area contributed by atoms with Crippen LogP contribution < -0.4 is 19.1 Å². The number of carbonyl (C=O) groups excluding carboxylic acids is 3. The molecular weight excluding hydrogens is 474 g/mol. The zero-order valence-corrected chi connectivity index (χ0v) is 19.7. The number of methoxy groups -OCH3 is 1. The van der Waals surface area contributed by atoms with Gasteiger partial charge in [-0.2, -0.15) is 5.10 Å². The molecule has 37 heavy (non-hydrogen) atoms. The lowest BCUT2D eigenvalue weighted by Gasteiger charge is -2.33. The van der Waals surface area contributed by atoms with E-state index in [2.05, 4.69) is 5.10 Å². The average molecular weight is 495 g/mol. The predicted octanol–water partition coefficient (Wildman–Crippen LogP) is 3.19. The van der Waals surface area contributed by atoms with Crippen molar-refractivity contribution >= 4 is 29.5 Å². The molecule has 0 saturated carbocycles. The number of Topliss-reactive ketones (excluding diaryl/α,β-unsaturated/α-hetero) is 1. The number of anilines is 1. The molecule has 9 nitrogen and oxygen atoms in total. The van der Waals surface area contributed by atoms with Gasteiger partial charge in [0.2, 0.25) is 18.6 Å². The van der Waals surface area contributed by atoms with Crippen molar-refractivity contribution in [1.29, 1.82) is 0 Å². The molecule has 184 valence electrons. The van der Waals surface area contributed by atoms with Gasteiger partial charge in [0.15, 0.2) is 17.3 Å². The molecule has 0 unspecified atom stereocenters. The first-order valence-corrected chi connectivity index (χ1v) is 11.9. The molecule has 2 saturated heterocycles. The lowest BCUT2D eigenvalue weighted by atomic mass is 9.83. The third kappa shape index (κ3) is 3.03. The zero-order valence-electron chi connectivity index (χ0n) is 19.7. The van der Waals surface area contributed by atoms with E-state index < -0.39 is 29.8 Å². The highest BCUT2D eigenvalue weighted by Gasteiger charge is 2.65. The number of amides is 2. The van der Waals surface area contributed by atoms with Gasteiger partial charge < -0.3 is 14.2 Å². The number of hydrazone groups is 1. The summed E-state index contributed by atoms with van der Waals surface area (Å²) in [6, 6.07) is 17.9. The molecule has 0 N–H and O–H groups in total. The fourth-order valence-electron chi connectivity index (χ4n) is 5.87. The lowest BCUT2D eigenvalue weighted by Crippen LogP contribution is -2.44. The summed E-state index contributed by atoms with van der Waals surface area (Å²) in [5, 5.41) is 6.24. The van der Waals surface area contributed by atoms with E-state index in [-0.39, 0.29) is 18.5 Å². The number of hydrogen-bond donors (Lipinski definition) is 0. The van der Waals surface area contributed by atoms with Crippen molar-refractivity contribution < 1.29 is 28.6 Å². The van der Waals surface area contributed by atoms with Gasteiger partial charge in [0, 0.05) is 11.6 Å². The van der Waals surface area contributed by atoms with Gasteiger partial charge in [-0.1, -0.05) is 24.3 Å². The average Bonchev–Trinajstić information content (AvgIpc) is 3.61. The Morgan fingerprint density at radius 2 is 1.70 bits per heavy atom. The van der Waals surface area contributed by atoms with Gasteiger partial charge in [0.05, 0.1) is 36.9 Å². The van der Waals surface area contributed by atoms with Gasteiger partial charge in [-0.15, -0.1) is 0 Å². The number of nitrogens with zero attached hydrogens (tertiary/aromatic N) is 3. The minimum Gasteiger partial charge on any atom is -0.497 e. The maximum Gasteiger partial charge on any atom is 0.240 e. The van der Waals surface area contributed by atoms with Gasteiger partial charge in [-0.3, -0.25) is 19.4 Å². The van der Waals surface area contributed by atoms with Crippen LogP contribution in [-0.4, -0.2) is 48.8 Å². The fraction of sp³-hybridized carbons (Fsp3) is 0.214. The molecule has 0 aliphatic carbocycles. The Kier molecular flexibility index (Phi) is 4.63. The molecule has 2 fully saturated rings. The van der Waals surface area contributed by atoms with Crippen LogP contribution in [0.25, 0.3) is 0 Å². The predicted molar refractivity (Wildman–Crippen MR) is 132 cm³/mol. The fourth-order valence-corrected chi connectivity index (χ4v) is 5.87. The van der Waals surface area contributed by atoms with E-state index in [9.17, 15) is 14.4 Å². The second-order valence-corrected chi connectivity index (χ2v) is 9.34.